The second-order valence-electron chi connectivity index (χ2n) is 9.80. The summed E-state index contributed by atoms with van der Waals surface area (Å²) in [5.41, 5.74) is 0.00638. The quantitative estimate of drug-likeness (QED) is 0.216. The maximum absolute atomic E-state index is 14.2. The molecule has 43 heavy (non-hydrogen) atoms. The molecule has 0 saturated heterocycles. The highest BCUT2D eigenvalue weighted by atomic mass is 35.5. The highest BCUT2D eigenvalue weighted by Gasteiger charge is 2.36. The smallest absolute Gasteiger partial charge is 0.410 e. The number of alkyl halides is 3. The molecule has 13 heteroatoms. The molecule has 0 aliphatic carbocycles. The third kappa shape index (κ3) is 5.37. The maximum atomic E-state index is 14.2. The van der Waals surface area contributed by atoms with Gasteiger partial charge in [-0.1, -0.05) is 17.7 Å². The number of hydrogen-bond acceptors (Lipinski definition) is 4. The van der Waals surface area contributed by atoms with Crippen LogP contribution in [-0.4, -0.2) is 17.9 Å². The molecule has 3 amide bonds. The van der Waals surface area contributed by atoms with Crippen molar-refractivity contribution < 1.29 is 41.1 Å². The molecule has 0 radical (unpaired) electrons. The number of carbonyl (C=O) groups is 3. The van der Waals surface area contributed by atoms with E-state index in [-0.39, 0.29) is 40.0 Å². The zero-order valence-electron chi connectivity index (χ0n) is 21.5. The molecule has 0 fully saturated rings. The standard InChI is InChI=1S/C30H17ClF5N3O4/c31-22-3-2-18(32)11-20(22)26-25-21(28(41)39-26)8-14(13-1-4-24-16(5-13)12-37-29(42)43-24)9-23(25)38-27(40)15-6-17(30(34,35)36)10-19(33)7-15/h1-11,26H,12H2,(H,37,42)(H,38,40)(H,39,41). The number of amides is 3. The van der Waals surface area contributed by atoms with Gasteiger partial charge in [-0.25, -0.2) is 13.6 Å². The van der Waals surface area contributed by atoms with Crippen LogP contribution in [0.1, 0.15) is 49.0 Å². The normalized spacial score (nSPS) is 15.6. The molecule has 0 spiro atoms. The second kappa shape index (κ2) is 10.4. The van der Waals surface area contributed by atoms with E-state index < -0.39 is 52.9 Å². The molecule has 7 nitrogen and oxygen atoms in total. The molecule has 1 unspecified atom stereocenters. The molecule has 218 valence electrons. The van der Waals surface area contributed by atoms with Crippen LogP contribution in [0.5, 0.6) is 5.75 Å². The second-order valence-corrected chi connectivity index (χ2v) is 10.2. The van der Waals surface area contributed by atoms with Crippen molar-refractivity contribution in [2.45, 2.75) is 18.8 Å². The van der Waals surface area contributed by atoms with Crippen LogP contribution in [-0.2, 0) is 12.7 Å². The van der Waals surface area contributed by atoms with Crippen molar-refractivity contribution in [3.63, 3.8) is 0 Å². The Hall–Kier alpha value is -4.97. The fourth-order valence-electron chi connectivity index (χ4n) is 5.05. The number of halogens is 6. The van der Waals surface area contributed by atoms with Crippen LogP contribution in [0.15, 0.2) is 66.7 Å². The zero-order chi connectivity index (χ0) is 30.6. The fraction of sp³-hybridized carbons (Fsp3) is 0.100. The average molecular weight is 614 g/mol. The number of nitrogens with one attached hydrogen (secondary N) is 3. The summed E-state index contributed by atoms with van der Waals surface area (Å²) in [6, 6.07) is 11.8. The molecular weight excluding hydrogens is 597 g/mol. The first-order valence-electron chi connectivity index (χ1n) is 12.6. The Morgan fingerprint density at radius 1 is 0.930 bits per heavy atom. The number of ether oxygens (including phenoxy) is 1. The Kier molecular flexibility index (Phi) is 6.80. The third-order valence-corrected chi connectivity index (χ3v) is 7.36. The van der Waals surface area contributed by atoms with Gasteiger partial charge >= 0.3 is 12.3 Å². The molecule has 0 saturated carbocycles. The lowest BCUT2D eigenvalue weighted by atomic mass is 9.92. The van der Waals surface area contributed by atoms with E-state index in [0.717, 1.165) is 12.1 Å². The highest BCUT2D eigenvalue weighted by molar-refractivity contribution is 6.31. The van der Waals surface area contributed by atoms with Gasteiger partial charge in [0.1, 0.15) is 17.4 Å². The first kappa shape index (κ1) is 28.2. The van der Waals surface area contributed by atoms with Crippen molar-refractivity contribution in [3.05, 3.63) is 117 Å². The lowest BCUT2D eigenvalue weighted by Gasteiger charge is -2.20. The molecule has 3 N–H and O–H groups in total. The van der Waals surface area contributed by atoms with Gasteiger partial charge in [-0.3, -0.25) is 9.59 Å². The molecule has 0 bridgehead atoms. The Labute approximate surface area is 244 Å². The molecule has 2 aliphatic rings. The van der Waals surface area contributed by atoms with Crippen molar-refractivity contribution in [2.24, 2.45) is 0 Å². The van der Waals surface area contributed by atoms with E-state index in [1.807, 2.05) is 0 Å². The summed E-state index contributed by atoms with van der Waals surface area (Å²) in [6.45, 7) is 0.165. The largest absolute Gasteiger partial charge is 0.416 e. The number of carbonyl (C=O) groups excluding carboxylic acids is 3. The van der Waals surface area contributed by atoms with E-state index in [0.29, 0.717) is 34.6 Å². The predicted octanol–water partition coefficient (Wildman–Crippen LogP) is 6.99. The summed E-state index contributed by atoms with van der Waals surface area (Å²) in [5, 5.41) is 7.87. The van der Waals surface area contributed by atoms with E-state index in [1.54, 1.807) is 18.2 Å². The third-order valence-electron chi connectivity index (χ3n) is 7.01. The van der Waals surface area contributed by atoms with Crippen LogP contribution in [0.4, 0.5) is 32.4 Å². The van der Waals surface area contributed by atoms with Gasteiger partial charge in [0, 0.05) is 45.1 Å². The average Bonchev–Trinajstić information content (AvgIpc) is 3.29. The fourth-order valence-corrected chi connectivity index (χ4v) is 5.28. The van der Waals surface area contributed by atoms with Gasteiger partial charge in [0.05, 0.1) is 11.6 Å². The van der Waals surface area contributed by atoms with Gasteiger partial charge < -0.3 is 20.7 Å². The minimum Gasteiger partial charge on any atom is -0.410 e. The SMILES string of the molecule is O=C1NCc2cc(-c3cc(NC(=O)c4cc(F)cc(C(F)(F)F)c4)c4c(c3)C(=O)NC4c3cc(F)ccc3Cl)ccc2O1. The van der Waals surface area contributed by atoms with Gasteiger partial charge in [0.2, 0.25) is 0 Å². The molecular formula is C30H17ClF5N3O4. The highest BCUT2D eigenvalue weighted by Crippen LogP contribution is 2.42. The van der Waals surface area contributed by atoms with E-state index in [1.165, 1.54) is 18.2 Å². The van der Waals surface area contributed by atoms with Gasteiger partial charge in [-0.15, -0.1) is 0 Å². The number of fused-ring (bicyclic) bond motifs is 2. The Morgan fingerprint density at radius 2 is 1.72 bits per heavy atom. The molecule has 4 aromatic rings. The van der Waals surface area contributed by atoms with Crippen LogP contribution in [0, 0.1) is 11.6 Å². The van der Waals surface area contributed by atoms with E-state index >= 15 is 0 Å². The molecule has 4 aromatic carbocycles. The van der Waals surface area contributed by atoms with Gasteiger partial charge in [-0.2, -0.15) is 13.2 Å². The van der Waals surface area contributed by atoms with Crippen LogP contribution in [0.2, 0.25) is 5.02 Å². The van der Waals surface area contributed by atoms with Gasteiger partial charge in [0.25, 0.3) is 11.8 Å². The summed E-state index contributed by atoms with van der Waals surface area (Å²) in [5.74, 6) is -3.27. The summed E-state index contributed by atoms with van der Waals surface area (Å²) >= 11 is 6.33. The molecule has 1 atom stereocenters. The monoisotopic (exact) mass is 613 g/mol. The van der Waals surface area contributed by atoms with Gasteiger partial charge in [-0.05, 0) is 71.8 Å². The Morgan fingerprint density at radius 3 is 2.49 bits per heavy atom. The Balaban J connectivity index is 1.49. The van der Waals surface area contributed by atoms with Crippen molar-refractivity contribution in [2.75, 3.05) is 5.32 Å². The van der Waals surface area contributed by atoms with Crippen molar-refractivity contribution in [1.82, 2.24) is 10.6 Å². The maximum Gasteiger partial charge on any atom is 0.416 e. The van der Waals surface area contributed by atoms with E-state index in [9.17, 15) is 36.3 Å². The summed E-state index contributed by atoms with van der Waals surface area (Å²) in [7, 11) is 0. The summed E-state index contributed by atoms with van der Waals surface area (Å²) in [4.78, 5) is 38.0. The van der Waals surface area contributed by atoms with E-state index in [4.69, 9.17) is 16.3 Å². The van der Waals surface area contributed by atoms with Gasteiger partial charge in [0.15, 0.2) is 0 Å². The summed E-state index contributed by atoms with van der Waals surface area (Å²) < 4.78 is 73.5. The van der Waals surface area contributed by atoms with Crippen molar-refractivity contribution in [3.8, 4) is 16.9 Å². The Bertz CT molecular complexity index is 1860. The van der Waals surface area contributed by atoms with Crippen LogP contribution in [0.25, 0.3) is 11.1 Å². The van der Waals surface area contributed by atoms with Crippen LogP contribution >= 0.6 is 11.6 Å². The zero-order valence-corrected chi connectivity index (χ0v) is 22.3. The lowest BCUT2D eigenvalue weighted by Crippen LogP contribution is -2.31. The molecule has 2 aliphatic heterocycles. The summed E-state index contributed by atoms with van der Waals surface area (Å²) in [6.07, 6.45) is -5.53. The minimum absolute atomic E-state index is 0.0127. The topological polar surface area (TPSA) is 96.5 Å². The first-order chi connectivity index (χ1) is 20.4. The van der Waals surface area contributed by atoms with Crippen molar-refractivity contribution in [1.29, 1.82) is 0 Å². The van der Waals surface area contributed by atoms with E-state index in [2.05, 4.69) is 16.0 Å². The molecule has 2 heterocycles. The first-order valence-corrected chi connectivity index (χ1v) is 13.0. The number of rotatable bonds is 4. The van der Waals surface area contributed by atoms with Crippen LogP contribution in [0.3, 0.4) is 0 Å². The molecule has 0 aromatic heterocycles. The number of anilines is 1. The van der Waals surface area contributed by atoms with Crippen molar-refractivity contribution >= 4 is 35.2 Å². The molecule has 6 rings (SSSR count). The number of hydrogen-bond donors (Lipinski definition) is 3. The predicted molar refractivity (Wildman–Crippen MR) is 145 cm³/mol. The number of benzene rings is 4. The minimum atomic E-state index is -4.91. The lowest BCUT2D eigenvalue weighted by molar-refractivity contribution is -0.137. The van der Waals surface area contributed by atoms with Crippen LogP contribution < -0.4 is 20.7 Å².